The normalized spacial score (nSPS) is 25.1. The zero-order valence-electron chi connectivity index (χ0n) is 9.57. The molecular weight excluding hydrogens is 208 g/mol. The maximum Gasteiger partial charge on any atom is 0.292 e. The zero-order valence-corrected chi connectivity index (χ0v) is 9.57. The molecule has 2 aliphatic rings. The number of rotatable bonds is 2. The van der Waals surface area contributed by atoms with Gasteiger partial charge in [-0.3, -0.25) is 4.79 Å². The molecule has 0 aromatic rings. The number of amides is 1. The fraction of sp³-hybridized carbons (Fsp3) is 0.727. The molecule has 1 atom stereocenters. The summed E-state index contributed by atoms with van der Waals surface area (Å²) < 4.78 is 10.4. The van der Waals surface area contributed by atoms with Crippen LogP contribution in [0.5, 0.6) is 0 Å². The van der Waals surface area contributed by atoms with Crippen molar-refractivity contribution in [2.45, 2.75) is 18.9 Å². The van der Waals surface area contributed by atoms with Gasteiger partial charge in [-0.05, 0) is 19.4 Å². The average molecular weight is 226 g/mol. The quantitative estimate of drug-likeness (QED) is 0.724. The van der Waals surface area contributed by atoms with E-state index >= 15 is 0 Å². The molecule has 0 aromatic heterocycles. The SMILES string of the molecule is CN(C(=O)C1=COCCO1)C1CCCNC1. The predicted octanol–water partition coefficient (Wildman–Crippen LogP) is 0.0850. The second-order valence-corrected chi connectivity index (χ2v) is 4.12. The molecule has 2 aliphatic heterocycles. The minimum absolute atomic E-state index is 0.0894. The van der Waals surface area contributed by atoms with Crippen molar-refractivity contribution in [3.63, 3.8) is 0 Å². The molecule has 0 saturated carbocycles. The Bertz CT molecular complexity index is 285. The van der Waals surface area contributed by atoms with E-state index in [4.69, 9.17) is 9.47 Å². The number of likely N-dealkylation sites (N-methyl/N-ethyl adjacent to an activating group) is 1. The molecule has 5 heteroatoms. The highest BCUT2D eigenvalue weighted by molar-refractivity contribution is 5.91. The predicted molar refractivity (Wildman–Crippen MR) is 58.6 cm³/mol. The van der Waals surface area contributed by atoms with Gasteiger partial charge in [0.15, 0.2) is 0 Å². The van der Waals surface area contributed by atoms with Crippen molar-refractivity contribution < 1.29 is 14.3 Å². The second-order valence-electron chi connectivity index (χ2n) is 4.12. The third-order valence-electron chi connectivity index (χ3n) is 3.00. The summed E-state index contributed by atoms with van der Waals surface area (Å²) in [6.07, 6.45) is 3.57. The van der Waals surface area contributed by atoms with Crippen LogP contribution in [0.25, 0.3) is 0 Å². The highest BCUT2D eigenvalue weighted by Crippen LogP contribution is 2.14. The summed E-state index contributed by atoms with van der Waals surface area (Å²) in [7, 11) is 1.82. The van der Waals surface area contributed by atoms with Gasteiger partial charge in [-0.15, -0.1) is 0 Å². The van der Waals surface area contributed by atoms with Gasteiger partial charge in [-0.2, -0.15) is 0 Å². The van der Waals surface area contributed by atoms with E-state index in [2.05, 4.69) is 5.32 Å². The standard InChI is InChI=1S/C11H18N2O3/c1-13(9-3-2-4-12-7-9)11(14)10-8-15-5-6-16-10/h8-9,12H,2-7H2,1H3. The Morgan fingerprint density at radius 3 is 3.06 bits per heavy atom. The van der Waals surface area contributed by atoms with E-state index in [0.29, 0.717) is 19.0 Å². The third-order valence-corrected chi connectivity index (χ3v) is 3.00. The van der Waals surface area contributed by atoms with E-state index in [1.54, 1.807) is 4.90 Å². The Labute approximate surface area is 95.4 Å². The van der Waals surface area contributed by atoms with Gasteiger partial charge in [0.1, 0.15) is 19.5 Å². The monoisotopic (exact) mass is 226 g/mol. The summed E-state index contributed by atoms with van der Waals surface area (Å²) >= 11 is 0. The summed E-state index contributed by atoms with van der Waals surface area (Å²) in [5.41, 5.74) is 0. The van der Waals surface area contributed by atoms with Crippen LogP contribution < -0.4 is 5.32 Å². The van der Waals surface area contributed by atoms with Crippen molar-refractivity contribution in [2.75, 3.05) is 33.4 Å². The Balaban J connectivity index is 1.94. The van der Waals surface area contributed by atoms with Gasteiger partial charge in [0.2, 0.25) is 5.76 Å². The molecule has 16 heavy (non-hydrogen) atoms. The van der Waals surface area contributed by atoms with Crippen LogP contribution in [0.2, 0.25) is 0 Å². The molecule has 0 aliphatic carbocycles. The minimum Gasteiger partial charge on any atom is -0.494 e. The molecular formula is C11H18N2O3. The van der Waals surface area contributed by atoms with Gasteiger partial charge in [0.25, 0.3) is 5.91 Å². The maximum atomic E-state index is 12.0. The third kappa shape index (κ3) is 2.47. The van der Waals surface area contributed by atoms with Gasteiger partial charge in [0.05, 0.1) is 0 Å². The molecule has 0 radical (unpaired) electrons. The lowest BCUT2D eigenvalue weighted by atomic mass is 10.1. The number of hydrogen-bond donors (Lipinski definition) is 1. The first-order chi connectivity index (χ1) is 7.79. The van der Waals surface area contributed by atoms with Crippen LogP contribution in [-0.4, -0.2) is 50.2 Å². The number of hydrogen-bond acceptors (Lipinski definition) is 4. The average Bonchev–Trinajstić information content (AvgIpc) is 2.39. The number of carbonyl (C=O) groups excluding carboxylic acids is 1. The van der Waals surface area contributed by atoms with Crippen LogP contribution in [0, 0.1) is 0 Å². The first-order valence-corrected chi connectivity index (χ1v) is 5.71. The lowest BCUT2D eigenvalue weighted by molar-refractivity contribution is -0.133. The minimum atomic E-state index is -0.0894. The fourth-order valence-corrected chi connectivity index (χ4v) is 1.98. The van der Waals surface area contributed by atoms with E-state index in [1.807, 2.05) is 7.05 Å². The lowest BCUT2D eigenvalue weighted by Gasteiger charge is -2.32. The number of carbonyl (C=O) groups is 1. The largest absolute Gasteiger partial charge is 0.494 e. The first-order valence-electron chi connectivity index (χ1n) is 5.71. The van der Waals surface area contributed by atoms with Crippen molar-refractivity contribution >= 4 is 5.91 Å². The zero-order chi connectivity index (χ0) is 11.4. The van der Waals surface area contributed by atoms with Crippen LogP contribution in [0.4, 0.5) is 0 Å². The highest BCUT2D eigenvalue weighted by Gasteiger charge is 2.26. The van der Waals surface area contributed by atoms with E-state index in [9.17, 15) is 4.79 Å². The Morgan fingerprint density at radius 2 is 2.44 bits per heavy atom. The Morgan fingerprint density at radius 1 is 1.56 bits per heavy atom. The van der Waals surface area contributed by atoms with Crippen LogP contribution in [0.1, 0.15) is 12.8 Å². The lowest BCUT2D eigenvalue weighted by Crippen LogP contribution is -2.47. The summed E-state index contributed by atoms with van der Waals surface area (Å²) in [6, 6.07) is 0.257. The van der Waals surface area contributed by atoms with Crippen molar-refractivity contribution in [2.24, 2.45) is 0 Å². The molecule has 0 aromatic carbocycles. The van der Waals surface area contributed by atoms with Crippen molar-refractivity contribution in [3.8, 4) is 0 Å². The summed E-state index contributed by atoms with van der Waals surface area (Å²) in [5.74, 6) is 0.229. The molecule has 1 N–H and O–H groups in total. The maximum absolute atomic E-state index is 12.0. The van der Waals surface area contributed by atoms with Crippen LogP contribution >= 0.6 is 0 Å². The topological polar surface area (TPSA) is 50.8 Å². The van der Waals surface area contributed by atoms with E-state index < -0.39 is 0 Å². The van der Waals surface area contributed by atoms with Crippen LogP contribution in [-0.2, 0) is 14.3 Å². The molecule has 1 amide bonds. The number of nitrogens with zero attached hydrogens (tertiary/aromatic N) is 1. The molecule has 5 nitrogen and oxygen atoms in total. The van der Waals surface area contributed by atoms with Crippen LogP contribution in [0.3, 0.4) is 0 Å². The molecule has 0 spiro atoms. The van der Waals surface area contributed by atoms with Gasteiger partial charge in [0, 0.05) is 19.6 Å². The number of nitrogens with one attached hydrogen (secondary N) is 1. The van der Waals surface area contributed by atoms with Crippen LogP contribution in [0.15, 0.2) is 12.0 Å². The van der Waals surface area contributed by atoms with E-state index in [-0.39, 0.29) is 11.9 Å². The molecule has 0 bridgehead atoms. The Hall–Kier alpha value is -1.23. The van der Waals surface area contributed by atoms with E-state index in [0.717, 1.165) is 25.9 Å². The highest BCUT2D eigenvalue weighted by atomic mass is 16.6. The fourth-order valence-electron chi connectivity index (χ4n) is 1.98. The summed E-state index contributed by atoms with van der Waals surface area (Å²) in [5, 5.41) is 3.29. The number of ether oxygens (including phenoxy) is 2. The van der Waals surface area contributed by atoms with Gasteiger partial charge in [-0.25, -0.2) is 0 Å². The van der Waals surface area contributed by atoms with Crippen molar-refractivity contribution in [3.05, 3.63) is 12.0 Å². The number of piperidine rings is 1. The van der Waals surface area contributed by atoms with Gasteiger partial charge in [-0.1, -0.05) is 0 Å². The molecule has 2 heterocycles. The second kappa shape index (κ2) is 5.21. The molecule has 2 rings (SSSR count). The van der Waals surface area contributed by atoms with Gasteiger partial charge >= 0.3 is 0 Å². The first kappa shape index (κ1) is 11.3. The molecule has 1 fully saturated rings. The molecule has 1 unspecified atom stereocenters. The Kier molecular flexibility index (Phi) is 3.66. The summed E-state index contributed by atoms with van der Waals surface area (Å²) in [4.78, 5) is 13.8. The molecule has 1 saturated heterocycles. The van der Waals surface area contributed by atoms with Crippen molar-refractivity contribution in [1.82, 2.24) is 10.2 Å². The van der Waals surface area contributed by atoms with E-state index in [1.165, 1.54) is 6.26 Å². The smallest absolute Gasteiger partial charge is 0.292 e. The molecule has 90 valence electrons. The van der Waals surface area contributed by atoms with Gasteiger partial charge < -0.3 is 19.7 Å². The van der Waals surface area contributed by atoms with Crippen molar-refractivity contribution in [1.29, 1.82) is 0 Å². The summed E-state index contributed by atoms with van der Waals surface area (Å²) in [6.45, 7) is 2.87.